The van der Waals surface area contributed by atoms with E-state index in [-0.39, 0.29) is 23.3 Å². The van der Waals surface area contributed by atoms with Gasteiger partial charge in [0.25, 0.3) is 0 Å². The van der Waals surface area contributed by atoms with Crippen molar-refractivity contribution in [2.45, 2.75) is 19.8 Å². The van der Waals surface area contributed by atoms with Gasteiger partial charge in [0.1, 0.15) is 5.75 Å². The largest absolute Gasteiger partial charge is 0.426 e. The maximum absolute atomic E-state index is 11.8. The summed E-state index contributed by atoms with van der Waals surface area (Å²) in [6.45, 7) is 1.98. The minimum absolute atomic E-state index is 0. The molecule has 111 valence electrons. The van der Waals surface area contributed by atoms with Gasteiger partial charge in [0.15, 0.2) is 0 Å². The van der Waals surface area contributed by atoms with Crippen molar-refractivity contribution in [2.75, 3.05) is 0 Å². The molecule has 4 rings (SSSR count). The van der Waals surface area contributed by atoms with Crippen LogP contribution in [-0.4, -0.2) is 23.3 Å². The lowest BCUT2D eigenvalue weighted by Crippen LogP contribution is -2.07. The number of ether oxygens (including phenoxy) is 1. The SMILES string of the molecule is CCCC(=O)Oc1ccc2ccc3cccc4ccc1c2c34.[Al]. The average molecular weight is 315 g/mol. The van der Waals surface area contributed by atoms with Crippen molar-refractivity contribution in [1.82, 2.24) is 0 Å². The lowest BCUT2D eigenvalue weighted by molar-refractivity contribution is -0.134. The van der Waals surface area contributed by atoms with E-state index in [1.165, 1.54) is 26.9 Å². The molecule has 0 aromatic heterocycles. The second-order valence-corrected chi connectivity index (χ2v) is 5.64. The molecule has 0 amide bonds. The maximum Gasteiger partial charge on any atom is 0.311 e. The predicted octanol–water partition coefficient (Wildman–Crippen LogP) is 4.91. The Kier molecular flexibility index (Phi) is 4.26. The summed E-state index contributed by atoms with van der Waals surface area (Å²) >= 11 is 0. The molecule has 0 heterocycles. The van der Waals surface area contributed by atoms with Crippen LogP contribution in [0.15, 0.2) is 54.6 Å². The molecular weight excluding hydrogens is 299 g/mol. The summed E-state index contributed by atoms with van der Waals surface area (Å²) in [7, 11) is 0. The van der Waals surface area contributed by atoms with Gasteiger partial charge in [0.05, 0.1) is 0 Å². The Labute approximate surface area is 145 Å². The van der Waals surface area contributed by atoms with Crippen molar-refractivity contribution in [2.24, 2.45) is 0 Å². The van der Waals surface area contributed by atoms with Gasteiger partial charge in [-0.2, -0.15) is 0 Å². The summed E-state index contributed by atoms with van der Waals surface area (Å²) in [5, 5.41) is 7.03. The Morgan fingerprint density at radius 1 is 0.870 bits per heavy atom. The molecule has 0 bridgehead atoms. The van der Waals surface area contributed by atoms with E-state index in [1.54, 1.807) is 0 Å². The molecule has 3 radical (unpaired) electrons. The second kappa shape index (κ2) is 6.20. The van der Waals surface area contributed by atoms with Crippen LogP contribution in [0.25, 0.3) is 32.3 Å². The van der Waals surface area contributed by atoms with Gasteiger partial charge >= 0.3 is 5.97 Å². The summed E-state index contributed by atoms with van der Waals surface area (Å²) < 4.78 is 5.57. The van der Waals surface area contributed by atoms with Gasteiger partial charge in [0, 0.05) is 34.6 Å². The van der Waals surface area contributed by atoms with E-state index in [0.29, 0.717) is 12.2 Å². The fraction of sp³-hybridized carbons (Fsp3) is 0.150. The first kappa shape index (κ1) is 15.8. The van der Waals surface area contributed by atoms with Gasteiger partial charge in [-0.05, 0) is 40.1 Å². The highest BCUT2D eigenvalue weighted by Crippen LogP contribution is 2.38. The minimum atomic E-state index is -0.169. The Morgan fingerprint density at radius 3 is 2.17 bits per heavy atom. The molecule has 0 aliphatic heterocycles. The molecule has 0 atom stereocenters. The Balaban J connectivity index is 0.00000156. The lowest BCUT2D eigenvalue weighted by atomic mass is 9.94. The number of carbonyl (C=O) groups is 1. The molecular formula is C20H16AlO2. The molecule has 0 saturated heterocycles. The van der Waals surface area contributed by atoms with Crippen molar-refractivity contribution in [3.63, 3.8) is 0 Å². The van der Waals surface area contributed by atoms with Crippen molar-refractivity contribution in [3.05, 3.63) is 54.6 Å². The van der Waals surface area contributed by atoms with Gasteiger partial charge < -0.3 is 4.74 Å². The summed E-state index contributed by atoms with van der Waals surface area (Å²) in [6.07, 6.45) is 1.24. The molecule has 0 fully saturated rings. The Morgan fingerprint density at radius 2 is 1.48 bits per heavy atom. The van der Waals surface area contributed by atoms with Crippen LogP contribution in [-0.2, 0) is 4.79 Å². The van der Waals surface area contributed by atoms with Crippen molar-refractivity contribution in [3.8, 4) is 5.75 Å². The monoisotopic (exact) mass is 315 g/mol. The Hall–Kier alpha value is -2.08. The molecule has 4 aromatic rings. The van der Waals surface area contributed by atoms with Crippen LogP contribution < -0.4 is 4.74 Å². The van der Waals surface area contributed by atoms with E-state index in [1.807, 2.05) is 19.1 Å². The smallest absolute Gasteiger partial charge is 0.311 e. The lowest BCUT2D eigenvalue weighted by Gasteiger charge is -2.13. The van der Waals surface area contributed by atoms with Crippen molar-refractivity contribution >= 4 is 55.6 Å². The zero-order chi connectivity index (χ0) is 15.1. The highest BCUT2D eigenvalue weighted by Gasteiger charge is 2.13. The number of carbonyl (C=O) groups excluding carboxylic acids is 1. The third-order valence-corrected chi connectivity index (χ3v) is 4.17. The van der Waals surface area contributed by atoms with Gasteiger partial charge in [-0.3, -0.25) is 4.79 Å². The summed E-state index contributed by atoms with van der Waals surface area (Å²) in [5.41, 5.74) is 0. The molecule has 0 aliphatic carbocycles. The van der Waals surface area contributed by atoms with Crippen LogP contribution in [0.1, 0.15) is 19.8 Å². The number of esters is 1. The van der Waals surface area contributed by atoms with Crippen LogP contribution in [0.5, 0.6) is 5.75 Å². The van der Waals surface area contributed by atoms with Gasteiger partial charge in [0.2, 0.25) is 0 Å². The molecule has 0 saturated carbocycles. The van der Waals surface area contributed by atoms with Gasteiger partial charge in [-0.15, -0.1) is 0 Å². The van der Waals surface area contributed by atoms with E-state index in [4.69, 9.17) is 4.74 Å². The zero-order valence-electron chi connectivity index (χ0n) is 13.0. The fourth-order valence-corrected chi connectivity index (χ4v) is 3.18. The highest BCUT2D eigenvalue weighted by molar-refractivity contribution is 6.24. The number of benzene rings is 4. The normalized spacial score (nSPS) is 11.0. The highest BCUT2D eigenvalue weighted by atomic mass is 27.0. The topological polar surface area (TPSA) is 26.3 Å². The van der Waals surface area contributed by atoms with E-state index >= 15 is 0 Å². The minimum Gasteiger partial charge on any atom is -0.426 e. The third kappa shape index (κ3) is 2.57. The third-order valence-electron chi connectivity index (χ3n) is 4.17. The first-order valence-electron chi connectivity index (χ1n) is 7.65. The number of hydrogen-bond acceptors (Lipinski definition) is 2. The van der Waals surface area contributed by atoms with Gasteiger partial charge in [-0.1, -0.05) is 49.4 Å². The quantitative estimate of drug-likeness (QED) is 0.232. The average Bonchev–Trinajstić information content (AvgIpc) is 2.54. The van der Waals surface area contributed by atoms with Crippen LogP contribution in [0.2, 0.25) is 0 Å². The zero-order valence-corrected chi connectivity index (χ0v) is 14.2. The van der Waals surface area contributed by atoms with Crippen LogP contribution in [0.3, 0.4) is 0 Å². The fourth-order valence-electron chi connectivity index (χ4n) is 3.18. The molecule has 4 aromatic carbocycles. The maximum atomic E-state index is 11.8. The molecule has 0 spiro atoms. The van der Waals surface area contributed by atoms with Gasteiger partial charge in [-0.25, -0.2) is 0 Å². The molecule has 2 nitrogen and oxygen atoms in total. The van der Waals surface area contributed by atoms with Crippen LogP contribution in [0, 0.1) is 0 Å². The van der Waals surface area contributed by atoms with E-state index in [0.717, 1.165) is 11.8 Å². The van der Waals surface area contributed by atoms with Crippen molar-refractivity contribution < 1.29 is 9.53 Å². The number of hydrogen-bond donors (Lipinski definition) is 0. The predicted molar refractivity (Wildman–Crippen MR) is 96.4 cm³/mol. The van der Waals surface area contributed by atoms with E-state index in [2.05, 4.69) is 42.5 Å². The second-order valence-electron chi connectivity index (χ2n) is 5.64. The first-order valence-corrected chi connectivity index (χ1v) is 7.65. The van der Waals surface area contributed by atoms with E-state index in [9.17, 15) is 4.79 Å². The summed E-state index contributed by atoms with van der Waals surface area (Å²) in [6, 6.07) is 18.7. The Bertz CT molecular complexity index is 975. The molecule has 0 unspecified atom stereocenters. The van der Waals surface area contributed by atoms with Crippen LogP contribution in [0.4, 0.5) is 0 Å². The molecule has 0 N–H and O–H groups in total. The van der Waals surface area contributed by atoms with Crippen molar-refractivity contribution in [1.29, 1.82) is 0 Å². The number of rotatable bonds is 3. The summed E-state index contributed by atoms with van der Waals surface area (Å²) in [5.74, 6) is 0.488. The van der Waals surface area contributed by atoms with E-state index < -0.39 is 0 Å². The standard InChI is InChI=1S/C20H16O2.Al/c1-2-4-18(21)22-17-12-10-15-8-7-13-5-3-6-14-9-11-16(17)20(15)19(13)14;/h3,5-12H,2,4H2,1H3;. The summed E-state index contributed by atoms with van der Waals surface area (Å²) in [4.78, 5) is 11.8. The molecule has 0 aliphatic rings. The van der Waals surface area contributed by atoms with Crippen LogP contribution >= 0.6 is 0 Å². The first-order chi connectivity index (χ1) is 10.8. The molecule has 23 heavy (non-hydrogen) atoms. The molecule has 3 heteroatoms.